The second-order valence-corrected chi connectivity index (χ2v) is 7.71. The smallest absolute Gasteiger partial charge is 0.317 e. The van der Waals surface area contributed by atoms with E-state index in [0.717, 1.165) is 13.1 Å². The van der Waals surface area contributed by atoms with Gasteiger partial charge in [-0.05, 0) is 45.7 Å². The minimum absolute atomic E-state index is 0.0852. The molecule has 1 spiro atoms. The monoisotopic (exact) mass is 348 g/mol. The van der Waals surface area contributed by atoms with E-state index in [9.17, 15) is 9.59 Å². The second kappa shape index (κ2) is 6.74. The van der Waals surface area contributed by atoms with Gasteiger partial charge in [0.25, 0.3) is 5.91 Å². The average Bonchev–Trinajstić information content (AvgIpc) is 3.10. The van der Waals surface area contributed by atoms with Gasteiger partial charge >= 0.3 is 6.03 Å². The second-order valence-electron chi connectivity index (χ2n) is 7.71. The summed E-state index contributed by atoms with van der Waals surface area (Å²) in [5.41, 5.74) is -0.699. The number of nitrogens with one attached hydrogen (secondary N) is 1. The van der Waals surface area contributed by atoms with Crippen LogP contribution in [-0.2, 0) is 11.3 Å². The number of aromatic nitrogens is 3. The Morgan fingerprint density at radius 2 is 1.88 bits per heavy atom. The minimum Gasteiger partial charge on any atom is -0.317 e. The maximum Gasteiger partial charge on any atom is 0.328 e. The molecule has 138 valence electrons. The van der Waals surface area contributed by atoms with Crippen LogP contribution in [-0.4, -0.2) is 61.7 Å². The standard InChI is InChI=1S/C17H28N6O2/c1-12(2)9-23-16(25)21(10-14-20-19-11-22(14)13(3)4)15(24)17(23)5-7-18-8-6-17/h11-13,18H,5-10H2,1-4H3. The molecule has 8 nitrogen and oxygen atoms in total. The molecule has 1 N–H and O–H groups in total. The highest BCUT2D eigenvalue weighted by Crippen LogP contribution is 2.36. The molecule has 2 saturated heterocycles. The Bertz CT molecular complexity index is 647. The van der Waals surface area contributed by atoms with Crippen molar-refractivity contribution in [2.75, 3.05) is 19.6 Å². The number of carbonyl (C=O) groups is 2. The number of imide groups is 1. The van der Waals surface area contributed by atoms with Gasteiger partial charge in [0.15, 0.2) is 5.82 Å². The van der Waals surface area contributed by atoms with Crippen molar-refractivity contribution in [3.05, 3.63) is 12.2 Å². The maximum atomic E-state index is 13.3. The van der Waals surface area contributed by atoms with E-state index in [2.05, 4.69) is 29.4 Å². The zero-order valence-corrected chi connectivity index (χ0v) is 15.5. The van der Waals surface area contributed by atoms with Gasteiger partial charge < -0.3 is 14.8 Å². The van der Waals surface area contributed by atoms with Crippen LogP contribution in [0.5, 0.6) is 0 Å². The van der Waals surface area contributed by atoms with E-state index >= 15 is 0 Å². The van der Waals surface area contributed by atoms with Crippen LogP contribution in [0.25, 0.3) is 0 Å². The molecule has 2 aliphatic rings. The molecular formula is C17H28N6O2. The fourth-order valence-corrected chi connectivity index (χ4v) is 3.82. The number of hydrogen-bond acceptors (Lipinski definition) is 5. The summed E-state index contributed by atoms with van der Waals surface area (Å²) >= 11 is 0. The molecule has 2 fully saturated rings. The van der Waals surface area contributed by atoms with Crippen LogP contribution in [0.3, 0.4) is 0 Å². The van der Waals surface area contributed by atoms with E-state index < -0.39 is 5.54 Å². The summed E-state index contributed by atoms with van der Waals surface area (Å²) in [6, 6.07) is -0.0173. The van der Waals surface area contributed by atoms with Gasteiger partial charge in [-0.2, -0.15) is 0 Å². The van der Waals surface area contributed by atoms with Crippen molar-refractivity contribution in [3.8, 4) is 0 Å². The van der Waals surface area contributed by atoms with Gasteiger partial charge in [-0.15, -0.1) is 10.2 Å². The number of nitrogens with zero attached hydrogens (tertiary/aromatic N) is 5. The van der Waals surface area contributed by atoms with Crippen molar-refractivity contribution in [1.29, 1.82) is 0 Å². The van der Waals surface area contributed by atoms with Crippen LogP contribution >= 0.6 is 0 Å². The summed E-state index contributed by atoms with van der Waals surface area (Å²) in [6.07, 6.45) is 2.98. The lowest BCUT2D eigenvalue weighted by Gasteiger charge is -2.39. The Kier molecular flexibility index (Phi) is 4.81. The molecule has 0 atom stereocenters. The number of piperidine rings is 1. The fraction of sp³-hybridized carbons (Fsp3) is 0.765. The molecule has 0 aromatic carbocycles. The normalized spacial score (nSPS) is 20.6. The van der Waals surface area contributed by atoms with Crippen molar-refractivity contribution in [3.63, 3.8) is 0 Å². The van der Waals surface area contributed by atoms with E-state index in [1.807, 2.05) is 18.4 Å². The SMILES string of the molecule is CC(C)CN1C(=O)N(Cc2nncn2C(C)C)C(=O)C12CCNCC2. The van der Waals surface area contributed by atoms with E-state index in [1.165, 1.54) is 4.90 Å². The van der Waals surface area contributed by atoms with E-state index in [0.29, 0.717) is 31.1 Å². The lowest BCUT2D eigenvalue weighted by Crippen LogP contribution is -2.56. The van der Waals surface area contributed by atoms with Crippen LogP contribution in [0.4, 0.5) is 4.79 Å². The lowest BCUT2D eigenvalue weighted by atomic mass is 9.86. The Morgan fingerprint density at radius 1 is 1.20 bits per heavy atom. The van der Waals surface area contributed by atoms with E-state index in [4.69, 9.17) is 0 Å². The number of rotatable bonds is 5. The molecular weight excluding hydrogens is 320 g/mol. The van der Waals surface area contributed by atoms with Crippen molar-refractivity contribution < 1.29 is 9.59 Å². The highest BCUT2D eigenvalue weighted by molar-refractivity contribution is 6.07. The lowest BCUT2D eigenvalue weighted by molar-refractivity contribution is -0.135. The van der Waals surface area contributed by atoms with Crippen LogP contribution in [0.15, 0.2) is 6.33 Å². The van der Waals surface area contributed by atoms with E-state index in [1.54, 1.807) is 11.2 Å². The summed E-state index contributed by atoms with van der Waals surface area (Å²) in [4.78, 5) is 29.5. The van der Waals surface area contributed by atoms with Gasteiger partial charge in [0.05, 0.1) is 6.54 Å². The minimum atomic E-state index is -0.699. The van der Waals surface area contributed by atoms with Gasteiger partial charge in [0.1, 0.15) is 11.9 Å². The first-order chi connectivity index (χ1) is 11.9. The molecule has 1 aromatic heterocycles. The van der Waals surface area contributed by atoms with Crippen LogP contribution in [0.2, 0.25) is 0 Å². The third kappa shape index (κ3) is 3.03. The third-order valence-corrected chi connectivity index (χ3v) is 5.10. The molecule has 25 heavy (non-hydrogen) atoms. The Hall–Kier alpha value is -1.96. The molecule has 2 aliphatic heterocycles. The predicted octanol–water partition coefficient (Wildman–Crippen LogP) is 1.40. The number of hydrogen-bond donors (Lipinski definition) is 1. The molecule has 0 aliphatic carbocycles. The molecule has 3 rings (SSSR count). The van der Waals surface area contributed by atoms with Gasteiger partial charge in [-0.1, -0.05) is 13.8 Å². The molecule has 8 heteroatoms. The first-order valence-corrected chi connectivity index (χ1v) is 9.09. The zero-order chi connectivity index (χ0) is 18.2. The van der Waals surface area contributed by atoms with Gasteiger partial charge in [-0.25, -0.2) is 4.79 Å². The Morgan fingerprint density at radius 3 is 2.48 bits per heavy atom. The quantitative estimate of drug-likeness (QED) is 0.813. The summed E-state index contributed by atoms with van der Waals surface area (Å²) in [6.45, 7) is 10.5. The fourth-order valence-electron chi connectivity index (χ4n) is 3.82. The molecule has 0 bridgehead atoms. The first kappa shape index (κ1) is 17.8. The van der Waals surface area contributed by atoms with Crippen LogP contribution in [0, 0.1) is 5.92 Å². The van der Waals surface area contributed by atoms with Crippen molar-refractivity contribution >= 4 is 11.9 Å². The van der Waals surface area contributed by atoms with Crippen molar-refractivity contribution in [1.82, 2.24) is 29.9 Å². The van der Waals surface area contributed by atoms with Crippen LogP contribution in [0.1, 0.15) is 52.4 Å². The number of amides is 3. The molecule has 0 radical (unpaired) electrons. The Labute approximate surface area is 148 Å². The Balaban J connectivity index is 1.91. The first-order valence-electron chi connectivity index (χ1n) is 9.09. The van der Waals surface area contributed by atoms with Gasteiger partial charge in [0.2, 0.25) is 0 Å². The highest BCUT2D eigenvalue weighted by atomic mass is 16.2. The summed E-state index contributed by atoms with van der Waals surface area (Å²) < 4.78 is 1.90. The van der Waals surface area contributed by atoms with Gasteiger partial charge in [-0.3, -0.25) is 9.69 Å². The summed E-state index contributed by atoms with van der Waals surface area (Å²) in [5.74, 6) is 0.868. The highest BCUT2D eigenvalue weighted by Gasteiger charge is 2.57. The van der Waals surface area contributed by atoms with Crippen LogP contribution < -0.4 is 5.32 Å². The molecule has 0 saturated carbocycles. The molecule has 0 unspecified atom stereocenters. The van der Waals surface area contributed by atoms with Gasteiger partial charge in [0, 0.05) is 12.6 Å². The summed E-state index contributed by atoms with van der Waals surface area (Å²) in [7, 11) is 0. The zero-order valence-electron chi connectivity index (χ0n) is 15.5. The molecule has 3 heterocycles. The predicted molar refractivity (Wildman–Crippen MR) is 92.7 cm³/mol. The topological polar surface area (TPSA) is 83.4 Å². The maximum absolute atomic E-state index is 13.3. The summed E-state index contributed by atoms with van der Waals surface area (Å²) in [5, 5.41) is 11.4. The van der Waals surface area contributed by atoms with Crippen molar-refractivity contribution in [2.24, 2.45) is 5.92 Å². The largest absolute Gasteiger partial charge is 0.328 e. The third-order valence-electron chi connectivity index (χ3n) is 5.10. The number of urea groups is 1. The van der Waals surface area contributed by atoms with E-state index in [-0.39, 0.29) is 24.5 Å². The average molecular weight is 348 g/mol. The number of carbonyl (C=O) groups excluding carboxylic acids is 2. The molecule has 1 aromatic rings. The van der Waals surface area contributed by atoms with Crippen molar-refractivity contribution in [2.45, 2.75) is 58.7 Å². The molecule has 3 amide bonds.